The maximum atomic E-state index is 6.25. The van der Waals surface area contributed by atoms with Gasteiger partial charge in [0.05, 0.1) is 16.8 Å². The van der Waals surface area contributed by atoms with E-state index in [1.54, 1.807) is 0 Å². The Balaban J connectivity index is 1.78. The second kappa shape index (κ2) is 4.59. The van der Waals surface area contributed by atoms with Crippen LogP contribution in [0.25, 0.3) is 11.0 Å². The first-order valence-corrected chi connectivity index (χ1v) is 8.17. The fraction of sp³-hybridized carbons (Fsp3) is 0.588. The van der Waals surface area contributed by atoms with Crippen LogP contribution in [0.15, 0.2) is 24.4 Å². The Kier molecular flexibility index (Phi) is 2.98. The smallest absolute Gasteiger partial charge is 0.398 e. The Labute approximate surface area is 132 Å². The van der Waals surface area contributed by atoms with Gasteiger partial charge in [0.15, 0.2) is 0 Å². The van der Waals surface area contributed by atoms with Crippen LogP contribution in [0, 0.1) is 5.92 Å². The molecule has 1 aliphatic heterocycles. The van der Waals surface area contributed by atoms with Crippen LogP contribution in [0.4, 0.5) is 0 Å². The summed E-state index contributed by atoms with van der Waals surface area (Å²) in [5, 5.41) is 1.16. The molecule has 0 aromatic carbocycles. The van der Waals surface area contributed by atoms with Crippen LogP contribution in [-0.2, 0) is 15.9 Å². The van der Waals surface area contributed by atoms with E-state index in [1.807, 2.05) is 12.3 Å². The summed E-state index contributed by atoms with van der Waals surface area (Å²) in [6.07, 6.45) is 4.49. The molecule has 22 heavy (non-hydrogen) atoms. The van der Waals surface area contributed by atoms with Gasteiger partial charge in [0, 0.05) is 18.1 Å². The zero-order chi connectivity index (χ0) is 15.5. The molecular weight excluding hydrogens is 275 g/mol. The summed E-state index contributed by atoms with van der Waals surface area (Å²) in [6, 6.07) is 6.27. The summed E-state index contributed by atoms with van der Waals surface area (Å²) in [6.45, 7) is 9.40. The van der Waals surface area contributed by atoms with Crippen molar-refractivity contribution in [3.63, 3.8) is 0 Å². The number of hydrogen-bond donors (Lipinski definition) is 0. The molecule has 0 atom stereocenters. The Morgan fingerprint density at radius 3 is 2.55 bits per heavy atom. The van der Waals surface area contributed by atoms with Crippen molar-refractivity contribution in [3.8, 4) is 0 Å². The van der Waals surface area contributed by atoms with Gasteiger partial charge in [-0.1, -0.05) is 0 Å². The largest absolute Gasteiger partial charge is 0.512 e. The highest BCUT2D eigenvalue weighted by Gasteiger charge is 2.53. The fourth-order valence-corrected chi connectivity index (χ4v) is 3.02. The molecule has 0 radical (unpaired) electrons. The molecule has 4 nitrogen and oxygen atoms in total. The highest BCUT2D eigenvalue weighted by atomic mass is 16.7. The summed E-state index contributed by atoms with van der Waals surface area (Å²) < 4.78 is 14.8. The molecule has 0 unspecified atom stereocenters. The van der Waals surface area contributed by atoms with Crippen LogP contribution in [0.2, 0.25) is 0 Å². The first kappa shape index (κ1) is 14.3. The average molecular weight is 298 g/mol. The Bertz CT molecular complexity index is 703. The highest BCUT2D eigenvalue weighted by molar-refractivity contribution is 6.61. The molecule has 3 heterocycles. The molecule has 1 saturated carbocycles. The van der Waals surface area contributed by atoms with Crippen molar-refractivity contribution < 1.29 is 9.31 Å². The lowest BCUT2D eigenvalue weighted by atomic mass is 9.84. The lowest BCUT2D eigenvalue weighted by Gasteiger charge is -2.32. The average Bonchev–Trinajstić information content (AvgIpc) is 3.13. The number of rotatable bonds is 3. The van der Waals surface area contributed by atoms with Gasteiger partial charge in [0.2, 0.25) is 0 Å². The lowest BCUT2D eigenvalue weighted by molar-refractivity contribution is 0.00578. The van der Waals surface area contributed by atoms with Gasteiger partial charge in [-0.3, -0.25) is 0 Å². The third-order valence-corrected chi connectivity index (χ3v) is 5.32. The molecule has 116 valence electrons. The lowest BCUT2D eigenvalue weighted by Crippen LogP contribution is -2.41. The molecule has 1 saturated heterocycles. The topological polar surface area (TPSA) is 36.3 Å². The van der Waals surface area contributed by atoms with Gasteiger partial charge in [-0.05, 0) is 64.7 Å². The standard InChI is InChI=1S/C17H23BN2O2/c1-16(2)17(3,4)22-18(21-16)14-10-13-6-5-9-19-15(13)20(14)11-12-7-8-12/h5-6,9-10,12H,7-8,11H2,1-4H3. The predicted molar refractivity (Wildman–Crippen MR) is 88.2 cm³/mol. The van der Waals surface area contributed by atoms with E-state index in [9.17, 15) is 0 Å². The van der Waals surface area contributed by atoms with Gasteiger partial charge in [0.25, 0.3) is 0 Å². The van der Waals surface area contributed by atoms with Crippen molar-refractivity contribution in [2.75, 3.05) is 0 Å². The van der Waals surface area contributed by atoms with Crippen molar-refractivity contribution >= 4 is 23.7 Å². The molecule has 2 aromatic heterocycles. The minimum atomic E-state index is -0.321. The molecule has 0 bridgehead atoms. The molecule has 5 heteroatoms. The second-order valence-electron chi connectivity index (χ2n) is 7.63. The van der Waals surface area contributed by atoms with E-state index in [0.717, 1.165) is 29.1 Å². The minimum absolute atomic E-state index is 0.314. The molecule has 4 rings (SSSR count). The summed E-state index contributed by atoms with van der Waals surface area (Å²) in [5.41, 5.74) is 1.51. The summed E-state index contributed by atoms with van der Waals surface area (Å²) in [7, 11) is -0.321. The first-order chi connectivity index (χ1) is 10.4. The Hall–Kier alpha value is -1.33. The molecule has 1 aliphatic carbocycles. The van der Waals surface area contributed by atoms with Gasteiger partial charge >= 0.3 is 7.12 Å². The molecular formula is C17H23BN2O2. The van der Waals surface area contributed by atoms with Crippen molar-refractivity contribution in [2.45, 2.75) is 58.3 Å². The van der Waals surface area contributed by atoms with E-state index in [4.69, 9.17) is 9.31 Å². The van der Waals surface area contributed by atoms with Crippen LogP contribution in [-0.4, -0.2) is 27.9 Å². The predicted octanol–water partition coefficient (Wildman–Crippen LogP) is 2.75. The third kappa shape index (κ3) is 2.18. The number of fused-ring (bicyclic) bond motifs is 1. The van der Waals surface area contributed by atoms with Gasteiger partial charge in [0.1, 0.15) is 5.65 Å². The summed E-state index contributed by atoms with van der Waals surface area (Å²) in [5.74, 6) is 0.777. The molecule has 0 spiro atoms. The quantitative estimate of drug-likeness (QED) is 0.818. The molecule has 2 fully saturated rings. The zero-order valence-corrected chi connectivity index (χ0v) is 13.8. The van der Waals surface area contributed by atoms with Gasteiger partial charge in [-0.15, -0.1) is 0 Å². The van der Waals surface area contributed by atoms with Gasteiger partial charge in [-0.25, -0.2) is 4.98 Å². The van der Waals surface area contributed by atoms with Gasteiger partial charge < -0.3 is 13.9 Å². The maximum absolute atomic E-state index is 6.25. The number of nitrogens with zero attached hydrogens (tertiary/aromatic N) is 2. The van der Waals surface area contributed by atoms with Crippen LogP contribution in [0.1, 0.15) is 40.5 Å². The van der Waals surface area contributed by atoms with Crippen molar-refractivity contribution in [1.82, 2.24) is 9.55 Å². The second-order valence-corrected chi connectivity index (χ2v) is 7.63. The fourth-order valence-electron chi connectivity index (χ4n) is 3.02. The molecule has 0 amide bonds. The van der Waals surface area contributed by atoms with E-state index in [1.165, 1.54) is 12.8 Å². The van der Waals surface area contributed by atoms with E-state index < -0.39 is 0 Å². The zero-order valence-electron chi connectivity index (χ0n) is 13.8. The van der Waals surface area contributed by atoms with Crippen LogP contribution < -0.4 is 5.59 Å². The third-order valence-electron chi connectivity index (χ3n) is 5.32. The van der Waals surface area contributed by atoms with E-state index in [0.29, 0.717) is 0 Å². The Morgan fingerprint density at radius 1 is 1.23 bits per heavy atom. The minimum Gasteiger partial charge on any atom is -0.398 e. The van der Waals surface area contributed by atoms with Crippen LogP contribution in [0.3, 0.4) is 0 Å². The number of pyridine rings is 1. The SMILES string of the molecule is CC1(C)OB(c2cc3cccnc3n2CC2CC2)OC1(C)C. The monoisotopic (exact) mass is 298 g/mol. The number of aromatic nitrogens is 2. The van der Waals surface area contributed by atoms with Crippen molar-refractivity contribution in [3.05, 3.63) is 24.4 Å². The van der Waals surface area contributed by atoms with Crippen LogP contribution in [0.5, 0.6) is 0 Å². The first-order valence-electron chi connectivity index (χ1n) is 8.17. The normalized spacial score (nSPS) is 23.4. The van der Waals surface area contributed by atoms with Gasteiger partial charge in [-0.2, -0.15) is 0 Å². The Morgan fingerprint density at radius 2 is 1.91 bits per heavy atom. The van der Waals surface area contributed by atoms with E-state index in [2.05, 4.69) is 49.4 Å². The summed E-state index contributed by atoms with van der Waals surface area (Å²) in [4.78, 5) is 4.58. The molecule has 2 aliphatic rings. The number of hydrogen-bond acceptors (Lipinski definition) is 3. The molecule has 0 N–H and O–H groups in total. The van der Waals surface area contributed by atoms with Crippen molar-refractivity contribution in [1.29, 1.82) is 0 Å². The van der Waals surface area contributed by atoms with Crippen molar-refractivity contribution in [2.24, 2.45) is 5.92 Å². The molecule has 2 aromatic rings. The van der Waals surface area contributed by atoms with Crippen LogP contribution >= 0.6 is 0 Å². The van der Waals surface area contributed by atoms with E-state index in [-0.39, 0.29) is 18.3 Å². The maximum Gasteiger partial charge on any atom is 0.512 e. The summed E-state index contributed by atoms with van der Waals surface area (Å²) >= 11 is 0. The van der Waals surface area contributed by atoms with E-state index >= 15 is 0 Å². The highest BCUT2D eigenvalue weighted by Crippen LogP contribution is 2.37.